The molecule has 4 rings (SSSR count). The van der Waals surface area contributed by atoms with Crippen LogP contribution in [-0.2, 0) is 25.1 Å². The minimum absolute atomic E-state index is 0.218. The average molecular weight is 643 g/mol. The number of hydrogen-bond acceptors (Lipinski definition) is 6. The van der Waals surface area contributed by atoms with E-state index in [9.17, 15) is 43.2 Å². The lowest BCUT2D eigenvalue weighted by molar-refractivity contribution is -0.288. The number of alkyl halides is 6. The minimum Gasteiger partial charge on any atom is -0.398 e. The van der Waals surface area contributed by atoms with Crippen molar-refractivity contribution in [3.8, 4) is 0 Å². The molecule has 0 aromatic heterocycles. The molecule has 0 aliphatic rings. The van der Waals surface area contributed by atoms with Gasteiger partial charge in [0, 0.05) is 0 Å². The topological polar surface area (TPSA) is 120 Å². The predicted molar refractivity (Wildman–Crippen MR) is 148 cm³/mol. The highest BCUT2D eigenvalue weighted by Gasteiger charge is 2.72. The Morgan fingerprint density at radius 2 is 0.814 bits per heavy atom. The first-order valence-corrected chi connectivity index (χ1v) is 15.3. The highest BCUT2D eigenvalue weighted by atomic mass is 32.2. The van der Waals surface area contributed by atoms with Gasteiger partial charge in [0.15, 0.2) is 0 Å². The molecule has 4 aromatic rings. The Kier molecular flexibility index (Phi) is 7.86. The van der Waals surface area contributed by atoms with Crippen LogP contribution in [0.1, 0.15) is 22.3 Å². The van der Waals surface area contributed by atoms with E-state index in [4.69, 9.17) is 11.5 Å². The molecular weight excluding hydrogens is 618 g/mol. The van der Waals surface area contributed by atoms with E-state index in [1.54, 1.807) is 13.8 Å². The van der Waals surface area contributed by atoms with Gasteiger partial charge in [-0.15, -0.1) is 0 Å². The summed E-state index contributed by atoms with van der Waals surface area (Å²) < 4.78 is 143. The van der Waals surface area contributed by atoms with Crippen molar-refractivity contribution in [2.75, 3.05) is 11.5 Å². The summed E-state index contributed by atoms with van der Waals surface area (Å²) >= 11 is 0. The molecule has 0 saturated heterocycles. The molecule has 4 aromatic carbocycles. The van der Waals surface area contributed by atoms with Gasteiger partial charge in [-0.25, -0.2) is 16.8 Å². The van der Waals surface area contributed by atoms with E-state index in [0.717, 1.165) is 24.3 Å². The third-order valence-electron chi connectivity index (χ3n) is 6.99. The Hall–Kier alpha value is -4.04. The van der Waals surface area contributed by atoms with Gasteiger partial charge < -0.3 is 11.5 Å². The second kappa shape index (κ2) is 10.6. The van der Waals surface area contributed by atoms with Gasteiger partial charge in [-0.2, -0.15) is 26.3 Å². The predicted octanol–water partition coefficient (Wildman–Crippen LogP) is 6.54. The molecule has 0 aliphatic carbocycles. The van der Waals surface area contributed by atoms with Crippen LogP contribution in [0.3, 0.4) is 0 Å². The van der Waals surface area contributed by atoms with Crippen molar-refractivity contribution in [2.45, 2.75) is 51.2 Å². The molecule has 14 heteroatoms. The van der Waals surface area contributed by atoms with Gasteiger partial charge in [0.25, 0.3) is 0 Å². The maximum atomic E-state index is 15.0. The molecule has 0 fully saturated rings. The summed E-state index contributed by atoms with van der Waals surface area (Å²) in [4.78, 5) is -2.81. The monoisotopic (exact) mass is 642 g/mol. The van der Waals surface area contributed by atoms with Crippen LogP contribution < -0.4 is 11.5 Å². The first kappa shape index (κ1) is 31.9. The Labute approximate surface area is 243 Å². The van der Waals surface area contributed by atoms with Crippen molar-refractivity contribution in [3.05, 3.63) is 107 Å². The number of rotatable bonds is 6. The number of anilines is 2. The molecule has 0 saturated carbocycles. The van der Waals surface area contributed by atoms with E-state index >= 15 is 0 Å². The van der Waals surface area contributed by atoms with Crippen molar-refractivity contribution in [1.82, 2.24) is 0 Å². The fraction of sp³-hybridized carbons (Fsp3) is 0.172. The normalized spacial score (nSPS) is 13.2. The van der Waals surface area contributed by atoms with E-state index in [-0.39, 0.29) is 12.1 Å². The second-order valence-electron chi connectivity index (χ2n) is 9.88. The number of hydrogen-bond donors (Lipinski definition) is 2. The first-order chi connectivity index (χ1) is 19.7. The van der Waals surface area contributed by atoms with Crippen LogP contribution in [0, 0.1) is 13.8 Å². The summed E-state index contributed by atoms with van der Waals surface area (Å²) in [7, 11) is -9.39. The average Bonchev–Trinajstić information content (AvgIpc) is 2.89. The Morgan fingerprint density at radius 1 is 0.512 bits per heavy atom. The SMILES string of the molecule is Cc1ccc(S(=O)(=O)c2cc(C(c3ccc(N)c(S(=O)(=O)c4ccc(C)cc4)c3)(C(F)(F)F)C(F)(F)F)ccc2N)cc1. The van der Waals surface area contributed by atoms with Crippen LogP contribution in [0.25, 0.3) is 0 Å². The highest BCUT2D eigenvalue weighted by Crippen LogP contribution is 2.57. The van der Waals surface area contributed by atoms with Crippen molar-refractivity contribution < 1.29 is 43.2 Å². The molecule has 0 aliphatic heterocycles. The molecule has 0 amide bonds. The van der Waals surface area contributed by atoms with Gasteiger partial charge in [-0.3, -0.25) is 0 Å². The smallest absolute Gasteiger partial charge is 0.398 e. The molecule has 0 spiro atoms. The third-order valence-corrected chi connectivity index (χ3v) is 10.6. The standard InChI is InChI=1S/C29H24F6N2O4S2/c1-17-3-9-21(10-4-17)42(38,39)25-15-19(7-13-23(25)36)27(28(30,31)32,29(33,34)35)20-8-14-24(37)26(16-20)43(40,41)22-11-5-18(2)6-12-22/h3-16H,36-37H2,1-2H3. The number of nitrogen functional groups attached to an aromatic ring is 2. The minimum atomic E-state index is -6.16. The number of nitrogens with two attached hydrogens (primary N) is 2. The van der Waals surface area contributed by atoms with Gasteiger partial charge in [0.05, 0.1) is 31.0 Å². The maximum absolute atomic E-state index is 15.0. The molecule has 43 heavy (non-hydrogen) atoms. The zero-order valence-corrected chi connectivity index (χ0v) is 24.1. The van der Waals surface area contributed by atoms with Crippen LogP contribution in [0.2, 0.25) is 0 Å². The summed E-state index contributed by atoms with van der Waals surface area (Å²) in [6, 6.07) is 12.7. The third kappa shape index (κ3) is 5.33. The quantitative estimate of drug-likeness (QED) is 0.182. The molecule has 0 heterocycles. The number of aryl methyl sites for hydroxylation is 2. The van der Waals surface area contributed by atoms with Crippen LogP contribution >= 0.6 is 0 Å². The Balaban J connectivity index is 2.06. The first-order valence-electron chi connectivity index (χ1n) is 12.3. The Bertz CT molecular complexity index is 1760. The summed E-state index contributed by atoms with van der Waals surface area (Å²) in [6.07, 6.45) is -12.3. The van der Waals surface area contributed by atoms with E-state index in [1.165, 1.54) is 24.3 Å². The lowest BCUT2D eigenvalue weighted by atomic mass is 9.73. The largest absolute Gasteiger partial charge is 0.411 e. The van der Waals surface area contributed by atoms with Crippen LogP contribution in [0.15, 0.2) is 105 Å². The van der Waals surface area contributed by atoms with Crippen molar-refractivity contribution in [3.63, 3.8) is 0 Å². The van der Waals surface area contributed by atoms with Crippen molar-refractivity contribution in [1.29, 1.82) is 0 Å². The van der Waals surface area contributed by atoms with Crippen LogP contribution in [0.4, 0.5) is 37.7 Å². The zero-order chi connectivity index (χ0) is 32.2. The molecule has 6 nitrogen and oxygen atoms in total. The summed E-state index contributed by atoms with van der Waals surface area (Å²) in [5, 5.41) is 0. The lowest BCUT2D eigenvalue weighted by Crippen LogP contribution is -2.55. The van der Waals surface area contributed by atoms with Gasteiger partial charge in [0.2, 0.25) is 25.1 Å². The zero-order valence-electron chi connectivity index (χ0n) is 22.5. The van der Waals surface area contributed by atoms with E-state index in [0.29, 0.717) is 35.4 Å². The fourth-order valence-electron chi connectivity index (χ4n) is 4.67. The van der Waals surface area contributed by atoms with Gasteiger partial charge in [-0.1, -0.05) is 47.5 Å². The lowest BCUT2D eigenvalue weighted by Gasteiger charge is -2.38. The summed E-state index contributed by atoms with van der Waals surface area (Å²) in [6.45, 7) is 3.29. The molecule has 228 valence electrons. The van der Waals surface area contributed by atoms with Crippen LogP contribution in [-0.4, -0.2) is 29.2 Å². The van der Waals surface area contributed by atoms with Gasteiger partial charge in [0.1, 0.15) is 0 Å². The van der Waals surface area contributed by atoms with Gasteiger partial charge in [-0.05, 0) is 73.5 Å². The molecular formula is C29H24F6N2O4S2. The van der Waals surface area contributed by atoms with Crippen LogP contribution in [0.5, 0.6) is 0 Å². The van der Waals surface area contributed by atoms with E-state index in [2.05, 4.69) is 0 Å². The van der Waals surface area contributed by atoms with E-state index in [1.807, 2.05) is 0 Å². The molecule has 0 bridgehead atoms. The number of sulfone groups is 2. The fourth-order valence-corrected chi connectivity index (χ4v) is 7.49. The summed E-state index contributed by atoms with van der Waals surface area (Å²) in [5.41, 5.74) is 3.68. The Morgan fingerprint density at radius 3 is 1.09 bits per heavy atom. The highest BCUT2D eigenvalue weighted by molar-refractivity contribution is 7.92. The second-order valence-corrected chi connectivity index (χ2v) is 13.7. The molecule has 0 atom stereocenters. The van der Waals surface area contributed by atoms with E-state index < -0.39 is 79.5 Å². The number of benzene rings is 4. The molecule has 0 unspecified atom stereocenters. The van der Waals surface area contributed by atoms with Gasteiger partial charge >= 0.3 is 12.4 Å². The molecule has 4 N–H and O–H groups in total. The summed E-state index contributed by atoms with van der Waals surface area (Å²) in [5.74, 6) is 0. The number of halogens is 6. The van der Waals surface area contributed by atoms with Crippen molar-refractivity contribution >= 4 is 31.0 Å². The molecule has 0 radical (unpaired) electrons. The maximum Gasteiger partial charge on any atom is 0.411 e. The van der Waals surface area contributed by atoms with Crippen molar-refractivity contribution in [2.24, 2.45) is 0 Å².